The molecule has 0 amide bonds. The number of imidazole rings is 1. The molecule has 166 valence electrons. The molecule has 1 aliphatic carbocycles. The lowest BCUT2D eigenvalue weighted by molar-refractivity contribution is 0.199. The molecule has 0 aromatic carbocycles. The van der Waals surface area contributed by atoms with Gasteiger partial charge in [-0.25, -0.2) is 9.78 Å². The van der Waals surface area contributed by atoms with E-state index in [-0.39, 0.29) is 11.6 Å². The summed E-state index contributed by atoms with van der Waals surface area (Å²) in [5.41, 5.74) is 1.96. The number of aromatic amines is 2. The zero-order chi connectivity index (χ0) is 22.1. The third-order valence-corrected chi connectivity index (χ3v) is 6.18. The standard InChI is InChI=1S/C21H23N7O3S/c1-31-7-6-22-11-14-4-5-17(32-14)15-9-18(24-13-2-3-13)28-19(25-15)12(10-23-28)8-16-20(29)27-21(30)26-16/h4-5,8-10,13,22,29H,2-3,6-7,11H2,1H3,(H2,26,27,30)/b12-8+,24-18?. The van der Waals surface area contributed by atoms with Crippen LogP contribution < -0.4 is 21.7 Å². The number of fused-ring (bicyclic) bond motifs is 1. The Kier molecular flexibility index (Phi) is 5.60. The Morgan fingerprint density at radius 2 is 2.28 bits per heavy atom. The van der Waals surface area contributed by atoms with Crippen LogP contribution in [0.15, 0.2) is 34.2 Å². The fourth-order valence-electron chi connectivity index (χ4n) is 3.32. The molecule has 1 aliphatic rings. The molecule has 0 atom stereocenters. The van der Waals surface area contributed by atoms with Crippen LogP contribution in [-0.2, 0) is 11.3 Å². The van der Waals surface area contributed by atoms with Gasteiger partial charge in [-0.05, 0) is 31.1 Å². The van der Waals surface area contributed by atoms with Gasteiger partial charge in [0.15, 0.2) is 11.1 Å². The first-order valence-corrected chi connectivity index (χ1v) is 11.2. The summed E-state index contributed by atoms with van der Waals surface area (Å²) in [6.45, 7) is 2.23. The molecular weight excluding hydrogens is 430 g/mol. The molecule has 4 heterocycles. The lowest BCUT2D eigenvalue weighted by Gasteiger charge is -2.02. The zero-order valence-electron chi connectivity index (χ0n) is 17.5. The normalized spacial score (nSPS) is 15.3. The van der Waals surface area contributed by atoms with Crippen LogP contribution in [0.4, 0.5) is 0 Å². The van der Waals surface area contributed by atoms with Crippen molar-refractivity contribution in [2.24, 2.45) is 4.99 Å². The van der Waals surface area contributed by atoms with Crippen molar-refractivity contribution in [3.05, 3.63) is 56.2 Å². The predicted molar refractivity (Wildman–Crippen MR) is 120 cm³/mol. The van der Waals surface area contributed by atoms with Gasteiger partial charge in [0.1, 0.15) is 5.69 Å². The van der Waals surface area contributed by atoms with Gasteiger partial charge in [0.2, 0.25) is 5.88 Å². The monoisotopic (exact) mass is 453 g/mol. The summed E-state index contributed by atoms with van der Waals surface area (Å²) >= 11 is 1.67. The molecule has 10 nitrogen and oxygen atoms in total. The third-order valence-electron chi connectivity index (χ3n) is 5.07. The molecule has 1 saturated carbocycles. The first-order valence-electron chi connectivity index (χ1n) is 10.3. The van der Waals surface area contributed by atoms with Gasteiger partial charge in [-0.15, -0.1) is 11.3 Å². The number of methoxy groups -OCH3 is 1. The maximum absolute atomic E-state index is 11.5. The highest BCUT2D eigenvalue weighted by Gasteiger charge is 2.20. The summed E-state index contributed by atoms with van der Waals surface area (Å²) in [6, 6.07) is 6.44. The van der Waals surface area contributed by atoms with Gasteiger partial charge < -0.3 is 20.1 Å². The largest absolute Gasteiger partial charge is 0.493 e. The molecule has 5 rings (SSSR count). The van der Waals surface area contributed by atoms with E-state index in [1.807, 2.05) is 6.07 Å². The molecule has 0 aliphatic heterocycles. The molecule has 0 saturated heterocycles. The number of aromatic hydroxyl groups is 1. The van der Waals surface area contributed by atoms with Crippen molar-refractivity contribution in [1.82, 2.24) is 29.9 Å². The van der Waals surface area contributed by atoms with Crippen LogP contribution in [0.3, 0.4) is 0 Å². The highest BCUT2D eigenvalue weighted by Crippen LogP contribution is 2.26. The number of thiophene rings is 1. The lowest BCUT2D eigenvalue weighted by Crippen LogP contribution is -2.19. The Bertz CT molecular complexity index is 1430. The zero-order valence-corrected chi connectivity index (χ0v) is 18.3. The molecule has 0 unspecified atom stereocenters. The van der Waals surface area contributed by atoms with Crippen molar-refractivity contribution in [3.63, 3.8) is 0 Å². The van der Waals surface area contributed by atoms with E-state index in [1.165, 1.54) is 4.88 Å². The topological polar surface area (TPSA) is 133 Å². The molecule has 32 heavy (non-hydrogen) atoms. The highest BCUT2D eigenvalue weighted by atomic mass is 32.1. The average molecular weight is 454 g/mol. The van der Waals surface area contributed by atoms with Gasteiger partial charge in [-0.2, -0.15) is 9.61 Å². The van der Waals surface area contributed by atoms with Crippen LogP contribution in [0.1, 0.15) is 23.4 Å². The number of ether oxygens (including phenoxy) is 1. The minimum Gasteiger partial charge on any atom is -0.493 e. The second-order valence-electron chi connectivity index (χ2n) is 7.62. The van der Waals surface area contributed by atoms with E-state index in [0.717, 1.165) is 42.0 Å². The Morgan fingerprint density at radius 1 is 1.41 bits per heavy atom. The van der Waals surface area contributed by atoms with Gasteiger partial charge in [0, 0.05) is 36.4 Å². The lowest BCUT2D eigenvalue weighted by atomic mass is 10.3. The molecule has 0 spiro atoms. The molecule has 0 radical (unpaired) electrons. The number of hydrogen-bond acceptors (Lipinski definition) is 8. The van der Waals surface area contributed by atoms with Gasteiger partial charge in [-0.3, -0.25) is 9.98 Å². The van der Waals surface area contributed by atoms with Crippen LogP contribution in [0, 0.1) is 0 Å². The summed E-state index contributed by atoms with van der Waals surface area (Å²) in [6.07, 6.45) is 5.46. The van der Waals surface area contributed by atoms with Crippen molar-refractivity contribution in [2.75, 3.05) is 20.3 Å². The number of nitrogens with one attached hydrogen (secondary N) is 3. The fourth-order valence-corrected chi connectivity index (χ4v) is 4.26. The number of nitrogens with zero attached hydrogens (tertiary/aromatic N) is 4. The Hall–Kier alpha value is -3.28. The summed E-state index contributed by atoms with van der Waals surface area (Å²) in [5.74, 6) is -0.225. The quantitative estimate of drug-likeness (QED) is 0.288. The summed E-state index contributed by atoms with van der Waals surface area (Å²) in [7, 11) is 1.69. The maximum Gasteiger partial charge on any atom is 0.326 e. The van der Waals surface area contributed by atoms with Crippen LogP contribution in [0.25, 0.3) is 22.3 Å². The fraction of sp³-hybridized carbons (Fsp3) is 0.333. The van der Waals surface area contributed by atoms with Crippen LogP contribution in [0.2, 0.25) is 0 Å². The Morgan fingerprint density at radius 3 is 3.03 bits per heavy atom. The second kappa shape index (κ2) is 8.69. The average Bonchev–Trinajstić information content (AvgIpc) is 3.16. The number of hydrogen-bond donors (Lipinski definition) is 4. The van der Waals surface area contributed by atoms with Gasteiger partial charge in [0.05, 0.1) is 29.4 Å². The maximum atomic E-state index is 11.5. The number of rotatable bonds is 8. The molecule has 4 N–H and O–H groups in total. The van der Waals surface area contributed by atoms with E-state index in [4.69, 9.17) is 14.7 Å². The minimum atomic E-state index is -0.478. The predicted octanol–water partition coefficient (Wildman–Crippen LogP) is 0.527. The number of H-pyrrole nitrogens is 2. The van der Waals surface area contributed by atoms with E-state index >= 15 is 0 Å². The van der Waals surface area contributed by atoms with Crippen molar-refractivity contribution >= 4 is 23.1 Å². The van der Waals surface area contributed by atoms with Gasteiger partial charge in [0.25, 0.3) is 0 Å². The summed E-state index contributed by atoms with van der Waals surface area (Å²) in [5, 5.41) is 18.4. The van der Waals surface area contributed by atoms with Crippen molar-refractivity contribution in [1.29, 1.82) is 0 Å². The second-order valence-corrected chi connectivity index (χ2v) is 8.78. The van der Waals surface area contributed by atoms with Crippen molar-refractivity contribution in [3.8, 4) is 16.5 Å². The highest BCUT2D eigenvalue weighted by molar-refractivity contribution is 7.15. The van der Waals surface area contributed by atoms with E-state index in [2.05, 4.69) is 32.5 Å². The molecule has 11 heteroatoms. The van der Waals surface area contributed by atoms with Crippen LogP contribution in [0.5, 0.6) is 5.88 Å². The Labute approximate surface area is 186 Å². The van der Waals surface area contributed by atoms with E-state index in [1.54, 1.807) is 35.2 Å². The summed E-state index contributed by atoms with van der Waals surface area (Å²) < 4.78 is 6.78. The Balaban J connectivity index is 1.57. The van der Waals surface area contributed by atoms with E-state index < -0.39 is 5.69 Å². The first kappa shape index (κ1) is 20.6. The molecule has 4 aromatic rings. The van der Waals surface area contributed by atoms with Crippen molar-refractivity contribution in [2.45, 2.75) is 25.4 Å². The minimum absolute atomic E-state index is 0.225. The van der Waals surface area contributed by atoms with Crippen molar-refractivity contribution < 1.29 is 9.84 Å². The van der Waals surface area contributed by atoms with Gasteiger partial charge >= 0.3 is 5.69 Å². The molecule has 4 aromatic heterocycles. The number of aromatic nitrogens is 5. The molecule has 1 fully saturated rings. The smallest absolute Gasteiger partial charge is 0.326 e. The van der Waals surface area contributed by atoms with Crippen LogP contribution in [-0.4, -0.2) is 56.0 Å². The third kappa shape index (κ3) is 4.35. The van der Waals surface area contributed by atoms with Crippen LogP contribution >= 0.6 is 11.3 Å². The molecule has 0 bridgehead atoms. The molecular formula is C21H23N7O3S. The summed E-state index contributed by atoms with van der Waals surface area (Å²) in [4.78, 5) is 28.3. The van der Waals surface area contributed by atoms with E-state index in [9.17, 15) is 9.90 Å². The van der Waals surface area contributed by atoms with E-state index in [0.29, 0.717) is 23.5 Å². The first-order chi connectivity index (χ1) is 15.6. The van der Waals surface area contributed by atoms with Gasteiger partial charge in [-0.1, -0.05) is 0 Å². The SMILES string of the molecule is COCCNCc1ccc(-c2cc(=NC3CC3)n3nc/c(=C\c4[nH]c(=O)[nH]c4O)c3n2)s1.